The third-order valence-corrected chi connectivity index (χ3v) is 6.93. The van der Waals surface area contributed by atoms with Crippen LogP contribution < -0.4 is 10.6 Å². The van der Waals surface area contributed by atoms with Gasteiger partial charge in [-0.2, -0.15) is 0 Å². The summed E-state index contributed by atoms with van der Waals surface area (Å²) in [7, 11) is 0. The molecule has 2 aromatic rings. The smallest absolute Gasteiger partial charge is 0.226 e. The maximum absolute atomic E-state index is 12.6. The first-order chi connectivity index (χ1) is 17.1. The van der Waals surface area contributed by atoms with E-state index in [1.165, 1.54) is 19.3 Å². The lowest BCUT2D eigenvalue weighted by atomic mass is 9.96. The Morgan fingerprint density at radius 2 is 1.63 bits per heavy atom. The molecule has 2 aromatic carbocycles. The van der Waals surface area contributed by atoms with Crippen LogP contribution in [-0.2, 0) is 14.3 Å². The van der Waals surface area contributed by atoms with Gasteiger partial charge >= 0.3 is 0 Å². The van der Waals surface area contributed by atoms with Gasteiger partial charge in [0, 0.05) is 18.7 Å². The number of aliphatic hydroxyl groups is 1. The summed E-state index contributed by atoms with van der Waals surface area (Å²) in [5, 5.41) is 15.8. The fourth-order valence-electron chi connectivity index (χ4n) is 4.96. The Labute approximate surface area is 207 Å². The van der Waals surface area contributed by atoms with E-state index >= 15 is 0 Å². The number of hydrogen-bond acceptors (Lipinski definition) is 5. The van der Waals surface area contributed by atoms with Gasteiger partial charge in [-0.25, -0.2) is 0 Å². The van der Waals surface area contributed by atoms with Crippen molar-refractivity contribution in [2.75, 3.05) is 31.6 Å². The number of hydrogen-bond donors (Lipinski definition) is 3. The van der Waals surface area contributed by atoms with Crippen LogP contribution in [0.3, 0.4) is 0 Å². The number of nitrogens with one attached hydrogen (secondary N) is 2. The first-order valence-corrected chi connectivity index (χ1v) is 12.8. The third-order valence-electron chi connectivity index (χ3n) is 6.93. The quantitative estimate of drug-likeness (QED) is 0.511. The predicted molar refractivity (Wildman–Crippen MR) is 137 cm³/mol. The molecule has 3 atom stereocenters. The van der Waals surface area contributed by atoms with Crippen molar-refractivity contribution in [3.05, 3.63) is 54.6 Å². The summed E-state index contributed by atoms with van der Waals surface area (Å²) >= 11 is 0. The molecule has 7 heteroatoms. The lowest BCUT2D eigenvalue weighted by Gasteiger charge is -2.36. The lowest BCUT2D eigenvalue weighted by Crippen LogP contribution is -2.51. The molecule has 0 radical (unpaired) electrons. The number of benzene rings is 2. The van der Waals surface area contributed by atoms with Crippen LogP contribution in [0.15, 0.2) is 54.6 Å². The normalized spacial score (nSPS) is 22.9. The van der Waals surface area contributed by atoms with Crippen LogP contribution in [0.25, 0.3) is 11.1 Å². The minimum atomic E-state index is -0.495. The van der Waals surface area contributed by atoms with Crippen molar-refractivity contribution in [1.29, 1.82) is 0 Å². The number of piperidine rings is 1. The van der Waals surface area contributed by atoms with Crippen molar-refractivity contribution in [2.24, 2.45) is 0 Å². The second-order valence-electron chi connectivity index (χ2n) is 9.58. The van der Waals surface area contributed by atoms with Crippen molar-refractivity contribution in [1.82, 2.24) is 10.2 Å². The maximum Gasteiger partial charge on any atom is 0.226 e. The summed E-state index contributed by atoms with van der Waals surface area (Å²) < 4.78 is 5.99. The number of amides is 2. The molecule has 0 aromatic heterocycles. The van der Waals surface area contributed by atoms with E-state index in [0.717, 1.165) is 36.4 Å². The molecule has 3 N–H and O–H groups in total. The fraction of sp³-hybridized carbons (Fsp3) is 0.500. The number of carbonyl (C=O) groups is 2. The zero-order valence-corrected chi connectivity index (χ0v) is 20.3. The van der Waals surface area contributed by atoms with Crippen LogP contribution in [0.4, 0.5) is 5.69 Å². The van der Waals surface area contributed by atoms with Gasteiger partial charge in [-0.3, -0.25) is 9.59 Å². The summed E-state index contributed by atoms with van der Waals surface area (Å²) in [6.45, 7) is 2.73. The average molecular weight is 480 g/mol. The highest BCUT2D eigenvalue weighted by molar-refractivity contribution is 5.91. The van der Waals surface area contributed by atoms with Crippen LogP contribution >= 0.6 is 0 Å². The van der Waals surface area contributed by atoms with Gasteiger partial charge in [-0.05, 0) is 62.0 Å². The van der Waals surface area contributed by atoms with Gasteiger partial charge in [-0.15, -0.1) is 0 Å². The van der Waals surface area contributed by atoms with E-state index in [0.29, 0.717) is 19.3 Å². The number of nitrogens with zero attached hydrogens (tertiary/aromatic N) is 1. The number of anilines is 1. The van der Waals surface area contributed by atoms with Crippen molar-refractivity contribution in [3.63, 3.8) is 0 Å². The zero-order valence-electron chi connectivity index (χ0n) is 20.3. The van der Waals surface area contributed by atoms with E-state index in [2.05, 4.69) is 27.7 Å². The van der Waals surface area contributed by atoms with E-state index < -0.39 is 6.10 Å². The van der Waals surface area contributed by atoms with Crippen molar-refractivity contribution in [2.45, 2.75) is 63.2 Å². The molecule has 0 bridgehead atoms. The molecule has 188 valence electrons. The van der Waals surface area contributed by atoms with Crippen molar-refractivity contribution in [3.8, 4) is 11.1 Å². The fourth-order valence-corrected chi connectivity index (χ4v) is 4.96. The largest absolute Gasteiger partial charge is 0.394 e. The van der Waals surface area contributed by atoms with Gasteiger partial charge in [0.25, 0.3) is 0 Å². The van der Waals surface area contributed by atoms with Gasteiger partial charge in [0.15, 0.2) is 0 Å². The summed E-state index contributed by atoms with van der Waals surface area (Å²) in [5.74, 6) is -0.124. The summed E-state index contributed by atoms with van der Waals surface area (Å²) in [5.41, 5.74) is 2.96. The van der Waals surface area contributed by atoms with Gasteiger partial charge in [0.1, 0.15) is 6.10 Å². The minimum Gasteiger partial charge on any atom is -0.394 e. The zero-order chi connectivity index (χ0) is 24.5. The summed E-state index contributed by atoms with van der Waals surface area (Å²) in [4.78, 5) is 27.4. The highest BCUT2D eigenvalue weighted by Gasteiger charge is 2.32. The summed E-state index contributed by atoms with van der Waals surface area (Å²) in [6, 6.07) is 17.6. The first-order valence-electron chi connectivity index (χ1n) is 12.8. The molecule has 0 aliphatic carbocycles. The van der Waals surface area contributed by atoms with Crippen LogP contribution in [0, 0.1) is 0 Å². The molecule has 2 amide bonds. The second kappa shape index (κ2) is 12.8. The van der Waals surface area contributed by atoms with E-state index in [4.69, 9.17) is 4.74 Å². The standard InChI is InChI=1S/C28H37N3O4/c32-20-26-25(30-27(33)15-18-31-16-5-2-6-17-31)14-13-24(35-26)19-28(34)29-23-11-9-22(10-12-23)21-7-3-1-4-8-21/h1,3-4,7-12,24-26,32H,2,5-6,13-20H2,(H,29,34)(H,30,33)/t24-,25+,26+/m1/s1. The topological polar surface area (TPSA) is 90.9 Å². The number of aliphatic hydroxyl groups excluding tert-OH is 1. The Morgan fingerprint density at radius 3 is 2.34 bits per heavy atom. The van der Waals surface area contributed by atoms with E-state index in [9.17, 15) is 14.7 Å². The molecule has 2 heterocycles. The molecule has 0 spiro atoms. The molecule has 2 saturated heterocycles. The molecule has 35 heavy (non-hydrogen) atoms. The average Bonchev–Trinajstić information content (AvgIpc) is 2.90. The molecule has 2 aliphatic rings. The van der Waals surface area contributed by atoms with Gasteiger partial charge in [0.2, 0.25) is 11.8 Å². The number of likely N-dealkylation sites (tertiary alicyclic amines) is 1. The highest BCUT2D eigenvalue weighted by Crippen LogP contribution is 2.24. The monoisotopic (exact) mass is 479 g/mol. The molecule has 0 saturated carbocycles. The molecular formula is C28H37N3O4. The Balaban J connectivity index is 1.20. The minimum absolute atomic E-state index is 0.00207. The van der Waals surface area contributed by atoms with E-state index in [1.807, 2.05) is 42.5 Å². The predicted octanol–water partition coefficient (Wildman–Crippen LogP) is 3.58. The van der Waals surface area contributed by atoms with Crippen LogP contribution in [-0.4, -0.2) is 66.3 Å². The molecule has 2 aliphatic heterocycles. The molecular weight excluding hydrogens is 442 g/mol. The number of rotatable bonds is 9. The Kier molecular flexibility index (Phi) is 9.28. The maximum atomic E-state index is 12.6. The molecule has 4 rings (SSSR count). The molecule has 7 nitrogen and oxygen atoms in total. The number of carbonyl (C=O) groups excluding carboxylic acids is 2. The Hall–Kier alpha value is -2.74. The third kappa shape index (κ3) is 7.62. The second-order valence-corrected chi connectivity index (χ2v) is 9.58. The molecule has 2 fully saturated rings. The van der Waals surface area contributed by atoms with Gasteiger partial charge in [-0.1, -0.05) is 48.9 Å². The summed E-state index contributed by atoms with van der Waals surface area (Å²) in [6.07, 6.45) is 4.94. The van der Waals surface area contributed by atoms with E-state index in [-0.39, 0.29) is 37.0 Å². The van der Waals surface area contributed by atoms with Crippen molar-refractivity contribution < 1.29 is 19.4 Å². The SMILES string of the molecule is O=C(C[C@H]1CC[C@H](NC(=O)CCN2CCCCC2)[C@H](CO)O1)Nc1ccc(-c2ccccc2)cc1. The van der Waals surface area contributed by atoms with Gasteiger partial charge in [0.05, 0.1) is 25.2 Å². The lowest BCUT2D eigenvalue weighted by molar-refractivity contribution is -0.133. The first kappa shape index (κ1) is 25.4. The van der Waals surface area contributed by atoms with Crippen LogP contribution in [0.1, 0.15) is 44.9 Å². The Morgan fingerprint density at radius 1 is 0.914 bits per heavy atom. The van der Waals surface area contributed by atoms with Gasteiger partial charge < -0.3 is 25.4 Å². The highest BCUT2D eigenvalue weighted by atomic mass is 16.5. The van der Waals surface area contributed by atoms with Crippen molar-refractivity contribution >= 4 is 17.5 Å². The Bertz CT molecular complexity index is 944. The molecule has 0 unspecified atom stereocenters. The van der Waals surface area contributed by atoms with E-state index in [1.54, 1.807) is 0 Å². The van der Waals surface area contributed by atoms with Crippen LogP contribution in [0.2, 0.25) is 0 Å². The number of ether oxygens (including phenoxy) is 1. The van der Waals surface area contributed by atoms with Crippen LogP contribution in [0.5, 0.6) is 0 Å².